The van der Waals surface area contributed by atoms with Gasteiger partial charge < -0.3 is 10.8 Å². The van der Waals surface area contributed by atoms with Gasteiger partial charge in [0.15, 0.2) is 0 Å². The summed E-state index contributed by atoms with van der Waals surface area (Å²) >= 11 is 1.49. The molecule has 0 spiro atoms. The number of benzene rings is 1. The van der Waals surface area contributed by atoms with Gasteiger partial charge in [-0.3, -0.25) is 30.0 Å². The highest BCUT2D eigenvalue weighted by atomic mass is 32.2. The van der Waals surface area contributed by atoms with E-state index in [4.69, 9.17) is 11.1 Å². The zero-order valence-corrected chi connectivity index (χ0v) is 15.9. The lowest BCUT2D eigenvalue weighted by molar-refractivity contribution is -0.151. The monoisotopic (exact) mass is 390 g/mol. The summed E-state index contributed by atoms with van der Waals surface area (Å²) < 4.78 is 0. The van der Waals surface area contributed by atoms with Gasteiger partial charge in [0, 0.05) is 18.7 Å². The maximum absolute atomic E-state index is 12.8. The Hall–Kier alpha value is -2.39. The average Bonchev–Trinajstić information content (AvgIpc) is 3.11. The van der Waals surface area contributed by atoms with E-state index in [1.54, 1.807) is 24.3 Å². The number of carbonyl (C=O) groups is 3. The van der Waals surface area contributed by atoms with E-state index in [0.29, 0.717) is 16.9 Å². The summed E-state index contributed by atoms with van der Waals surface area (Å²) in [7, 11) is 1.40. The number of aliphatic carboxylic acids is 1. The summed E-state index contributed by atoms with van der Waals surface area (Å²) in [6.45, 7) is 0. The highest BCUT2D eigenvalue weighted by Crippen LogP contribution is 2.49. The molecule has 0 aliphatic carbocycles. The van der Waals surface area contributed by atoms with Crippen LogP contribution in [0.3, 0.4) is 0 Å². The van der Waals surface area contributed by atoms with Gasteiger partial charge in [-0.05, 0) is 24.0 Å². The molecule has 2 aliphatic heterocycles. The standard InChI is InChI=1S/C18H22N4O4S/c1-22-15(23)11-12(16(22)24)18(17(25)26,7-8-27-2)21-13(11)9-3-5-10(6-4-9)14(19)20/h3-6,11-13,21H,7-8H2,1-2H3,(H3,19,20)(H,25,26). The fraction of sp³-hybridized carbons (Fsp3) is 0.444. The zero-order valence-electron chi connectivity index (χ0n) is 15.1. The van der Waals surface area contributed by atoms with E-state index in [2.05, 4.69) is 5.32 Å². The number of nitrogens with one attached hydrogen (secondary N) is 2. The van der Waals surface area contributed by atoms with Crippen LogP contribution in [0.5, 0.6) is 0 Å². The SMILES string of the molecule is CSCCC1(C(=O)O)NC(c2ccc(C(=N)N)cc2)C2C(=O)N(C)C(=O)C21. The van der Waals surface area contributed by atoms with Gasteiger partial charge in [-0.25, -0.2) is 0 Å². The molecule has 2 aliphatic rings. The molecule has 2 amide bonds. The van der Waals surface area contributed by atoms with Crippen molar-refractivity contribution in [1.29, 1.82) is 5.41 Å². The lowest BCUT2D eigenvalue weighted by Crippen LogP contribution is -2.55. The van der Waals surface area contributed by atoms with Crippen LogP contribution in [-0.4, -0.2) is 58.2 Å². The molecule has 2 fully saturated rings. The van der Waals surface area contributed by atoms with Crippen LogP contribution < -0.4 is 11.1 Å². The van der Waals surface area contributed by atoms with E-state index in [-0.39, 0.29) is 18.2 Å². The maximum Gasteiger partial charge on any atom is 0.324 e. The second-order valence-corrected chi connectivity index (χ2v) is 7.90. The van der Waals surface area contributed by atoms with Crippen LogP contribution in [0.15, 0.2) is 24.3 Å². The number of carboxylic acid groups (broad SMARTS) is 1. The van der Waals surface area contributed by atoms with Crippen LogP contribution in [0.2, 0.25) is 0 Å². The van der Waals surface area contributed by atoms with Crippen molar-refractivity contribution < 1.29 is 19.5 Å². The Kier molecular flexibility index (Phi) is 5.00. The number of fused-ring (bicyclic) bond motifs is 1. The number of hydrogen-bond acceptors (Lipinski definition) is 6. The lowest BCUT2D eigenvalue weighted by atomic mass is 9.78. The van der Waals surface area contributed by atoms with Crippen LogP contribution in [0.25, 0.3) is 0 Å². The normalized spacial score (nSPS) is 29.9. The molecule has 1 aromatic carbocycles. The van der Waals surface area contributed by atoms with Crippen molar-refractivity contribution in [2.75, 3.05) is 19.1 Å². The number of imide groups is 1. The molecule has 1 aromatic rings. The van der Waals surface area contributed by atoms with Crippen molar-refractivity contribution in [3.8, 4) is 0 Å². The Labute approximate surface area is 161 Å². The number of hydrogen-bond donors (Lipinski definition) is 4. The Morgan fingerprint density at radius 1 is 1.33 bits per heavy atom. The lowest BCUT2D eigenvalue weighted by Gasteiger charge is -2.30. The van der Waals surface area contributed by atoms with Crippen molar-refractivity contribution in [3.63, 3.8) is 0 Å². The largest absolute Gasteiger partial charge is 0.480 e. The summed E-state index contributed by atoms with van der Waals surface area (Å²) in [5.41, 5.74) is 5.22. The summed E-state index contributed by atoms with van der Waals surface area (Å²) in [6.07, 6.45) is 2.10. The minimum atomic E-state index is -1.49. The van der Waals surface area contributed by atoms with Crippen molar-refractivity contribution in [1.82, 2.24) is 10.2 Å². The summed E-state index contributed by atoms with van der Waals surface area (Å²) in [6, 6.07) is 6.14. The van der Waals surface area contributed by atoms with E-state index >= 15 is 0 Å². The minimum Gasteiger partial charge on any atom is -0.480 e. The zero-order chi connectivity index (χ0) is 19.9. The molecule has 4 unspecified atom stereocenters. The quantitative estimate of drug-likeness (QED) is 0.314. The second kappa shape index (κ2) is 6.97. The molecule has 4 atom stereocenters. The number of rotatable bonds is 6. The Morgan fingerprint density at radius 2 is 1.96 bits per heavy atom. The van der Waals surface area contributed by atoms with Gasteiger partial charge in [-0.15, -0.1) is 0 Å². The third-order valence-corrected chi connectivity index (χ3v) is 6.15. The number of nitrogen functional groups attached to an aromatic ring is 1. The van der Waals surface area contributed by atoms with E-state index in [9.17, 15) is 19.5 Å². The Bertz CT molecular complexity index is 812. The summed E-state index contributed by atoms with van der Waals surface area (Å²) in [5.74, 6) is -3.20. The molecule has 8 nitrogen and oxygen atoms in total. The second-order valence-electron chi connectivity index (χ2n) is 6.92. The molecule has 9 heteroatoms. The first kappa shape index (κ1) is 19.4. The third kappa shape index (κ3) is 2.90. The maximum atomic E-state index is 12.8. The molecule has 0 aromatic heterocycles. The molecule has 5 N–H and O–H groups in total. The Morgan fingerprint density at radius 3 is 2.48 bits per heavy atom. The Balaban J connectivity index is 2.07. The van der Waals surface area contributed by atoms with Crippen molar-refractivity contribution in [3.05, 3.63) is 35.4 Å². The van der Waals surface area contributed by atoms with Crippen LogP contribution >= 0.6 is 11.8 Å². The number of nitrogens with zero attached hydrogens (tertiary/aromatic N) is 1. The number of carbonyl (C=O) groups excluding carboxylic acids is 2. The van der Waals surface area contributed by atoms with Crippen molar-refractivity contribution in [2.45, 2.75) is 18.0 Å². The number of amides is 2. The van der Waals surface area contributed by atoms with E-state index in [1.165, 1.54) is 18.8 Å². The fourth-order valence-corrected chi connectivity index (χ4v) is 4.63. The van der Waals surface area contributed by atoms with Gasteiger partial charge in [-0.1, -0.05) is 24.3 Å². The van der Waals surface area contributed by atoms with E-state index in [0.717, 1.165) is 4.90 Å². The highest BCUT2D eigenvalue weighted by Gasteiger charge is 2.67. The van der Waals surface area contributed by atoms with E-state index < -0.39 is 35.3 Å². The minimum absolute atomic E-state index is 0.0782. The van der Waals surface area contributed by atoms with Gasteiger partial charge in [0.25, 0.3) is 0 Å². The first-order valence-electron chi connectivity index (χ1n) is 8.50. The highest BCUT2D eigenvalue weighted by molar-refractivity contribution is 7.98. The molecule has 27 heavy (non-hydrogen) atoms. The van der Waals surface area contributed by atoms with Gasteiger partial charge in [0.2, 0.25) is 11.8 Å². The molecule has 0 saturated carbocycles. The summed E-state index contributed by atoms with van der Waals surface area (Å²) in [5, 5.41) is 20.6. The molecule has 2 heterocycles. The van der Waals surface area contributed by atoms with Crippen LogP contribution in [-0.2, 0) is 14.4 Å². The first-order valence-corrected chi connectivity index (χ1v) is 9.89. The number of amidine groups is 1. The van der Waals surface area contributed by atoms with Crippen molar-refractivity contribution >= 4 is 35.4 Å². The van der Waals surface area contributed by atoms with Crippen LogP contribution in [0, 0.1) is 17.2 Å². The number of nitrogens with two attached hydrogens (primary N) is 1. The summed E-state index contributed by atoms with van der Waals surface area (Å²) in [4.78, 5) is 38.8. The molecule has 3 rings (SSSR count). The number of likely N-dealkylation sites (tertiary alicyclic amines) is 1. The number of thioether (sulfide) groups is 1. The van der Waals surface area contributed by atoms with Crippen molar-refractivity contribution in [2.24, 2.45) is 17.6 Å². The molecule has 0 bridgehead atoms. The fourth-order valence-electron chi connectivity index (χ4n) is 4.10. The van der Waals surface area contributed by atoms with Crippen LogP contribution in [0.1, 0.15) is 23.6 Å². The molecule has 0 radical (unpaired) electrons. The first-order chi connectivity index (χ1) is 12.7. The van der Waals surface area contributed by atoms with Crippen LogP contribution in [0.4, 0.5) is 0 Å². The van der Waals surface area contributed by atoms with Gasteiger partial charge in [-0.2, -0.15) is 11.8 Å². The number of carboxylic acids is 1. The smallest absolute Gasteiger partial charge is 0.324 e. The van der Waals surface area contributed by atoms with Gasteiger partial charge >= 0.3 is 5.97 Å². The van der Waals surface area contributed by atoms with Gasteiger partial charge in [0.1, 0.15) is 11.4 Å². The predicted molar refractivity (Wildman–Crippen MR) is 101 cm³/mol. The van der Waals surface area contributed by atoms with Gasteiger partial charge in [0.05, 0.1) is 11.8 Å². The molecular weight excluding hydrogens is 368 g/mol. The molecular formula is C18H22N4O4S. The van der Waals surface area contributed by atoms with E-state index in [1.807, 2.05) is 6.26 Å². The molecule has 144 valence electrons. The topological polar surface area (TPSA) is 137 Å². The third-order valence-electron chi connectivity index (χ3n) is 5.54. The average molecular weight is 390 g/mol. The predicted octanol–water partition coefficient (Wildman–Crippen LogP) is 0.422. The molecule has 2 saturated heterocycles.